The highest BCUT2D eigenvalue weighted by atomic mass is 32.1. The molecule has 1 unspecified atom stereocenters. The Balaban J connectivity index is 2.39. The lowest BCUT2D eigenvalue weighted by Gasteiger charge is -2.18. The van der Waals surface area contributed by atoms with E-state index >= 15 is 0 Å². The molecule has 1 heterocycles. The number of thiophene rings is 1. The second-order valence-corrected chi connectivity index (χ2v) is 4.73. The number of carbonyl (C=O) groups is 1. The van der Waals surface area contributed by atoms with Crippen molar-refractivity contribution < 1.29 is 4.79 Å². The van der Waals surface area contributed by atoms with Gasteiger partial charge in [-0.15, -0.1) is 11.3 Å². The van der Waals surface area contributed by atoms with Crippen LogP contribution in [0.1, 0.15) is 34.1 Å². The molecule has 0 spiro atoms. The fraction of sp³-hybridized carbons (Fsp3) is 0.500. The Bertz CT molecular complexity index is 343. The summed E-state index contributed by atoms with van der Waals surface area (Å²) in [6, 6.07) is 0. The maximum absolute atomic E-state index is 11.0. The summed E-state index contributed by atoms with van der Waals surface area (Å²) in [5, 5.41) is 1.91. The predicted molar refractivity (Wildman–Crippen MR) is 54.0 cm³/mol. The molecule has 0 aromatic carbocycles. The van der Waals surface area contributed by atoms with Crippen molar-refractivity contribution in [2.24, 2.45) is 11.7 Å². The summed E-state index contributed by atoms with van der Waals surface area (Å²) in [5.41, 5.74) is 7.26. The van der Waals surface area contributed by atoms with Gasteiger partial charge in [0.05, 0.1) is 5.56 Å². The first-order chi connectivity index (χ1) is 6.18. The predicted octanol–water partition coefficient (Wildman–Crippen LogP) is 1.97. The van der Waals surface area contributed by atoms with Crippen molar-refractivity contribution in [3.05, 3.63) is 21.4 Å². The SMILES string of the molecule is CC1CCc2c(C(N)=O)csc2C1. The fourth-order valence-corrected chi connectivity index (χ4v) is 3.14. The zero-order valence-electron chi connectivity index (χ0n) is 7.67. The first kappa shape index (κ1) is 8.75. The molecule has 1 aliphatic carbocycles. The minimum Gasteiger partial charge on any atom is -0.366 e. The molecule has 70 valence electrons. The van der Waals surface area contributed by atoms with Crippen molar-refractivity contribution in [1.29, 1.82) is 0 Å². The first-order valence-corrected chi connectivity index (χ1v) is 5.45. The normalized spacial score (nSPS) is 21.2. The van der Waals surface area contributed by atoms with Crippen molar-refractivity contribution in [3.8, 4) is 0 Å². The summed E-state index contributed by atoms with van der Waals surface area (Å²) in [6.07, 6.45) is 3.33. The van der Waals surface area contributed by atoms with Gasteiger partial charge in [0.15, 0.2) is 0 Å². The molecule has 0 radical (unpaired) electrons. The zero-order valence-corrected chi connectivity index (χ0v) is 8.49. The number of amides is 1. The van der Waals surface area contributed by atoms with E-state index in [-0.39, 0.29) is 5.91 Å². The van der Waals surface area contributed by atoms with Gasteiger partial charge in [-0.3, -0.25) is 4.79 Å². The van der Waals surface area contributed by atoms with Crippen LogP contribution in [0.4, 0.5) is 0 Å². The van der Waals surface area contributed by atoms with E-state index in [4.69, 9.17) is 5.73 Å². The number of carbonyl (C=O) groups excluding carboxylic acids is 1. The van der Waals surface area contributed by atoms with Crippen LogP contribution in [0.25, 0.3) is 0 Å². The smallest absolute Gasteiger partial charge is 0.249 e. The van der Waals surface area contributed by atoms with Crippen LogP contribution >= 0.6 is 11.3 Å². The molecule has 3 heteroatoms. The third kappa shape index (κ3) is 1.48. The average molecular weight is 195 g/mol. The second-order valence-electron chi connectivity index (χ2n) is 3.76. The third-order valence-electron chi connectivity index (χ3n) is 2.67. The van der Waals surface area contributed by atoms with Gasteiger partial charge in [0.1, 0.15) is 0 Å². The molecule has 1 atom stereocenters. The minimum atomic E-state index is -0.271. The average Bonchev–Trinajstić information content (AvgIpc) is 2.46. The van der Waals surface area contributed by atoms with E-state index in [2.05, 4.69) is 6.92 Å². The second kappa shape index (κ2) is 3.14. The summed E-state index contributed by atoms with van der Waals surface area (Å²) in [6.45, 7) is 2.26. The van der Waals surface area contributed by atoms with Gasteiger partial charge in [-0.05, 0) is 30.7 Å². The van der Waals surface area contributed by atoms with Gasteiger partial charge in [-0.2, -0.15) is 0 Å². The van der Waals surface area contributed by atoms with Crippen LogP contribution in [-0.2, 0) is 12.8 Å². The quantitative estimate of drug-likeness (QED) is 0.731. The molecule has 0 saturated carbocycles. The molecule has 0 bridgehead atoms. The van der Waals surface area contributed by atoms with Gasteiger partial charge in [0.25, 0.3) is 0 Å². The Hall–Kier alpha value is -0.830. The summed E-state index contributed by atoms with van der Waals surface area (Å²) in [5.74, 6) is 0.485. The molecule has 1 amide bonds. The molecule has 0 aliphatic heterocycles. The Morgan fingerprint density at radius 3 is 3.15 bits per heavy atom. The van der Waals surface area contributed by atoms with Crippen molar-refractivity contribution in [1.82, 2.24) is 0 Å². The van der Waals surface area contributed by atoms with E-state index in [0.29, 0.717) is 0 Å². The Morgan fingerprint density at radius 2 is 2.46 bits per heavy atom. The van der Waals surface area contributed by atoms with Gasteiger partial charge in [-0.1, -0.05) is 6.92 Å². The number of nitrogens with two attached hydrogens (primary N) is 1. The molecule has 0 fully saturated rings. The molecular formula is C10H13NOS. The third-order valence-corrected chi connectivity index (χ3v) is 3.72. The zero-order chi connectivity index (χ0) is 9.42. The largest absolute Gasteiger partial charge is 0.366 e. The summed E-state index contributed by atoms with van der Waals surface area (Å²) < 4.78 is 0. The van der Waals surface area contributed by atoms with Crippen LogP contribution < -0.4 is 5.73 Å². The number of hydrogen-bond donors (Lipinski definition) is 1. The highest BCUT2D eigenvalue weighted by molar-refractivity contribution is 7.10. The molecule has 2 N–H and O–H groups in total. The van der Waals surface area contributed by atoms with Crippen LogP contribution in [0.3, 0.4) is 0 Å². The molecule has 13 heavy (non-hydrogen) atoms. The van der Waals surface area contributed by atoms with Crippen LogP contribution in [0.2, 0.25) is 0 Å². The van der Waals surface area contributed by atoms with Gasteiger partial charge in [-0.25, -0.2) is 0 Å². The maximum atomic E-state index is 11.0. The molecule has 0 saturated heterocycles. The van der Waals surface area contributed by atoms with Gasteiger partial charge in [0, 0.05) is 10.3 Å². The van der Waals surface area contributed by atoms with Crippen molar-refractivity contribution in [3.63, 3.8) is 0 Å². The van der Waals surface area contributed by atoms with Crippen molar-refractivity contribution in [2.75, 3.05) is 0 Å². The van der Waals surface area contributed by atoms with E-state index in [1.165, 1.54) is 16.9 Å². The standard InChI is InChI=1S/C10H13NOS/c1-6-2-3-7-8(10(11)12)5-13-9(7)4-6/h5-6H,2-4H2,1H3,(H2,11,12). The Labute approximate surface area is 81.8 Å². The topological polar surface area (TPSA) is 43.1 Å². The van der Waals surface area contributed by atoms with Gasteiger partial charge in [0.2, 0.25) is 5.91 Å². The number of hydrogen-bond acceptors (Lipinski definition) is 2. The van der Waals surface area contributed by atoms with Crippen molar-refractivity contribution in [2.45, 2.75) is 26.2 Å². The van der Waals surface area contributed by atoms with Crippen LogP contribution in [-0.4, -0.2) is 5.91 Å². The van der Waals surface area contributed by atoms with E-state index in [9.17, 15) is 4.79 Å². The minimum absolute atomic E-state index is 0.271. The highest BCUT2D eigenvalue weighted by Gasteiger charge is 2.21. The lowest BCUT2D eigenvalue weighted by Crippen LogP contribution is -2.16. The highest BCUT2D eigenvalue weighted by Crippen LogP contribution is 2.32. The number of fused-ring (bicyclic) bond motifs is 1. The molecule has 1 aliphatic rings. The van der Waals surface area contributed by atoms with E-state index in [1.54, 1.807) is 11.3 Å². The monoisotopic (exact) mass is 195 g/mol. The summed E-state index contributed by atoms with van der Waals surface area (Å²) in [7, 11) is 0. The van der Waals surface area contributed by atoms with Crippen LogP contribution in [0.5, 0.6) is 0 Å². The van der Waals surface area contributed by atoms with Crippen molar-refractivity contribution >= 4 is 17.2 Å². The Kier molecular flexibility index (Phi) is 2.12. The molecule has 2 rings (SSSR count). The lowest BCUT2D eigenvalue weighted by atomic mass is 9.88. The molecule has 1 aromatic heterocycles. The maximum Gasteiger partial charge on any atom is 0.249 e. The summed E-state index contributed by atoms with van der Waals surface area (Å²) >= 11 is 1.68. The van der Waals surface area contributed by atoms with Crippen LogP contribution in [0.15, 0.2) is 5.38 Å². The number of rotatable bonds is 1. The summed E-state index contributed by atoms with van der Waals surface area (Å²) in [4.78, 5) is 12.4. The first-order valence-electron chi connectivity index (χ1n) is 4.57. The van der Waals surface area contributed by atoms with E-state index in [1.807, 2.05) is 5.38 Å². The number of primary amides is 1. The van der Waals surface area contributed by atoms with E-state index in [0.717, 1.165) is 24.3 Å². The van der Waals surface area contributed by atoms with Crippen LogP contribution in [0, 0.1) is 5.92 Å². The molecule has 2 nitrogen and oxygen atoms in total. The Morgan fingerprint density at radius 1 is 1.69 bits per heavy atom. The van der Waals surface area contributed by atoms with E-state index < -0.39 is 0 Å². The lowest BCUT2D eigenvalue weighted by molar-refractivity contribution is 0.0999. The fourth-order valence-electron chi connectivity index (χ4n) is 1.88. The molecule has 1 aromatic rings. The molecular weight excluding hydrogens is 182 g/mol. The van der Waals surface area contributed by atoms with Gasteiger partial charge < -0.3 is 5.73 Å². The van der Waals surface area contributed by atoms with Gasteiger partial charge >= 0.3 is 0 Å².